The van der Waals surface area contributed by atoms with Gasteiger partial charge in [-0.3, -0.25) is 9.59 Å². The molecule has 0 N–H and O–H groups in total. The van der Waals surface area contributed by atoms with Gasteiger partial charge in [0.25, 0.3) is 11.5 Å². The zero-order valence-corrected chi connectivity index (χ0v) is 9.84. The number of hydrogen-bond acceptors (Lipinski definition) is 4. The SMILES string of the molecule is CN1Cc2c(n(C)c3c(C#N)cnn3c2=O)C1=O. The van der Waals surface area contributed by atoms with Crippen molar-refractivity contribution in [2.24, 2.45) is 7.05 Å². The second-order valence-corrected chi connectivity index (χ2v) is 4.26. The average Bonchev–Trinajstić information content (AvgIpc) is 2.90. The van der Waals surface area contributed by atoms with Crippen LogP contribution < -0.4 is 5.56 Å². The quantitative estimate of drug-likeness (QED) is 0.624. The van der Waals surface area contributed by atoms with Crippen molar-refractivity contribution in [2.45, 2.75) is 6.54 Å². The first-order chi connectivity index (χ1) is 8.56. The standard InChI is InChI=1S/C11H9N5O2/c1-14-5-7-8(11(14)18)15(2)9-6(3-12)4-13-16(9)10(7)17/h4H,5H2,1-2H3. The first kappa shape index (κ1) is 10.5. The van der Waals surface area contributed by atoms with E-state index in [1.54, 1.807) is 18.7 Å². The number of amides is 1. The Morgan fingerprint density at radius 3 is 2.78 bits per heavy atom. The summed E-state index contributed by atoms with van der Waals surface area (Å²) in [5.41, 5.74) is 1.05. The predicted octanol–water partition coefficient (Wildman–Crippen LogP) is -0.510. The van der Waals surface area contributed by atoms with Gasteiger partial charge in [-0.15, -0.1) is 0 Å². The maximum absolute atomic E-state index is 12.2. The molecule has 0 fully saturated rings. The minimum Gasteiger partial charge on any atom is -0.336 e. The molecule has 18 heavy (non-hydrogen) atoms. The van der Waals surface area contributed by atoms with Gasteiger partial charge in [0.05, 0.1) is 18.3 Å². The van der Waals surface area contributed by atoms with E-state index >= 15 is 0 Å². The molecule has 0 spiro atoms. The number of nitriles is 1. The molecule has 0 aliphatic carbocycles. The van der Waals surface area contributed by atoms with E-state index in [-0.39, 0.29) is 23.6 Å². The summed E-state index contributed by atoms with van der Waals surface area (Å²) in [4.78, 5) is 25.6. The minimum absolute atomic E-state index is 0.211. The van der Waals surface area contributed by atoms with Crippen LogP contribution >= 0.6 is 0 Å². The number of nitrogens with zero attached hydrogens (tertiary/aromatic N) is 5. The number of rotatable bonds is 0. The highest BCUT2D eigenvalue weighted by Crippen LogP contribution is 2.20. The van der Waals surface area contributed by atoms with Gasteiger partial charge >= 0.3 is 0 Å². The summed E-state index contributed by atoms with van der Waals surface area (Å²) in [5, 5.41) is 12.9. The van der Waals surface area contributed by atoms with Crippen LogP contribution in [0.4, 0.5) is 0 Å². The Labute approximate surface area is 101 Å². The first-order valence-corrected chi connectivity index (χ1v) is 5.31. The van der Waals surface area contributed by atoms with Gasteiger partial charge in [0, 0.05) is 14.1 Å². The van der Waals surface area contributed by atoms with Crippen LogP contribution in [0, 0.1) is 11.3 Å². The van der Waals surface area contributed by atoms with Gasteiger partial charge in [0.15, 0.2) is 5.65 Å². The van der Waals surface area contributed by atoms with Crippen LogP contribution in [0.15, 0.2) is 11.0 Å². The topological polar surface area (TPSA) is 83.4 Å². The van der Waals surface area contributed by atoms with E-state index < -0.39 is 0 Å². The van der Waals surface area contributed by atoms with Gasteiger partial charge in [-0.1, -0.05) is 0 Å². The monoisotopic (exact) mass is 243 g/mol. The van der Waals surface area contributed by atoms with Crippen molar-refractivity contribution in [3.05, 3.63) is 33.4 Å². The van der Waals surface area contributed by atoms with Crippen LogP contribution in [0.2, 0.25) is 0 Å². The largest absolute Gasteiger partial charge is 0.336 e. The predicted molar refractivity (Wildman–Crippen MR) is 60.9 cm³/mol. The lowest BCUT2D eigenvalue weighted by Gasteiger charge is -2.08. The van der Waals surface area contributed by atoms with Crippen LogP contribution in [0.1, 0.15) is 21.6 Å². The molecule has 3 heterocycles. The number of carbonyl (C=O) groups excluding carboxylic acids is 1. The van der Waals surface area contributed by atoms with Crippen molar-refractivity contribution < 1.29 is 4.79 Å². The number of carbonyl (C=O) groups is 1. The highest BCUT2D eigenvalue weighted by molar-refractivity contribution is 5.97. The van der Waals surface area contributed by atoms with Crippen LogP contribution in [-0.2, 0) is 13.6 Å². The molecule has 0 aromatic carbocycles. The Hall–Kier alpha value is -2.62. The number of aryl methyl sites for hydroxylation is 1. The molecule has 0 saturated carbocycles. The van der Waals surface area contributed by atoms with Gasteiger partial charge in [-0.25, -0.2) is 0 Å². The Kier molecular flexibility index (Phi) is 1.87. The molecule has 1 amide bonds. The van der Waals surface area contributed by atoms with E-state index in [0.29, 0.717) is 16.9 Å². The maximum Gasteiger partial charge on any atom is 0.280 e. The molecule has 3 rings (SSSR count). The highest BCUT2D eigenvalue weighted by atomic mass is 16.2. The molecule has 2 aromatic heterocycles. The van der Waals surface area contributed by atoms with E-state index in [1.165, 1.54) is 15.6 Å². The molecule has 0 saturated heterocycles. The minimum atomic E-state index is -0.336. The summed E-state index contributed by atoms with van der Waals surface area (Å²) in [7, 11) is 3.29. The molecule has 1 aliphatic heterocycles. The summed E-state index contributed by atoms with van der Waals surface area (Å²) >= 11 is 0. The van der Waals surface area contributed by atoms with Crippen molar-refractivity contribution in [2.75, 3.05) is 7.05 Å². The maximum atomic E-state index is 12.2. The molecule has 90 valence electrons. The summed E-state index contributed by atoms with van der Waals surface area (Å²) < 4.78 is 2.73. The van der Waals surface area contributed by atoms with E-state index in [0.717, 1.165) is 0 Å². The van der Waals surface area contributed by atoms with E-state index in [9.17, 15) is 9.59 Å². The highest BCUT2D eigenvalue weighted by Gasteiger charge is 2.31. The second-order valence-electron chi connectivity index (χ2n) is 4.26. The van der Waals surface area contributed by atoms with Crippen molar-refractivity contribution in [1.82, 2.24) is 19.1 Å². The molecule has 0 bridgehead atoms. The summed E-state index contributed by atoms with van der Waals surface area (Å²) in [6.07, 6.45) is 1.33. The van der Waals surface area contributed by atoms with Gasteiger partial charge in [-0.05, 0) is 0 Å². The van der Waals surface area contributed by atoms with E-state index in [1.807, 2.05) is 6.07 Å². The fraction of sp³-hybridized carbons (Fsp3) is 0.273. The van der Waals surface area contributed by atoms with Crippen LogP contribution in [0.25, 0.3) is 5.65 Å². The van der Waals surface area contributed by atoms with Gasteiger partial charge in [0.2, 0.25) is 0 Å². The lowest BCUT2D eigenvalue weighted by atomic mass is 10.2. The number of fused-ring (bicyclic) bond motifs is 2. The zero-order valence-electron chi connectivity index (χ0n) is 9.84. The van der Waals surface area contributed by atoms with Crippen molar-refractivity contribution in [3.8, 4) is 6.07 Å². The third kappa shape index (κ3) is 1.04. The smallest absolute Gasteiger partial charge is 0.280 e. The fourth-order valence-electron chi connectivity index (χ4n) is 2.33. The lowest BCUT2D eigenvalue weighted by Crippen LogP contribution is -2.24. The summed E-state index contributed by atoms with van der Waals surface area (Å²) in [6.45, 7) is 0.276. The lowest BCUT2D eigenvalue weighted by molar-refractivity contribution is 0.0809. The third-order valence-corrected chi connectivity index (χ3v) is 3.20. The molecule has 0 unspecified atom stereocenters. The average molecular weight is 243 g/mol. The Balaban J connectivity index is 2.55. The molecule has 1 aliphatic rings. The molecule has 7 nitrogen and oxygen atoms in total. The van der Waals surface area contributed by atoms with E-state index in [2.05, 4.69) is 5.10 Å². The molecule has 0 radical (unpaired) electrons. The molecule has 2 aromatic rings. The van der Waals surface area contributed by atoms with Crippen LogP contribution in [0.5, 0.6) is 0 Å². The molecule has 7 heteroatoms. The van der Waals surface area contributed by atoms with Gasteiger partial charge in [0.1, 0.15) is 17.3 Å². The van der Waals surface area contributed by atoms with Crippen molar-refractivity contribution >= 4 is 11.6 Å². The number of aromatic nitrogens is 3. The van der Waals surface area contributed by atoms with Crippen molar-refractivity contribution in [3.63, 3.8) is 0 Å². The summed E-state index contributed by atoms with van der Waals surface area (Å²) in [6, 6.07) is 1.97. The zero-order chi connectivity index (χ0) is 13.0. The van der Waals surface area contributed by atoms with Crippen LogP contribution in [0.3, 0.4) is 0 Å². The van der Waals surface area contributed by atoms with Gasteiger partial charge in [-0.2, -0.15) is 14.9 Å². The van der Waals surface area contributed by atoms with Gasteiger partial charge < -0.3 is 9.47 Å². The van der Waals surface area contributed by atoms with Crippen molar-refractivity contribution in [1.29, 1.82) is 5.26 Å². The Morgan fingerprint density at radius 1 is 1.39 bits per heavy atom. The first-order valence-electron chi connectivity index (χ1n) is 5.31. The molecule has 0 atom stereocenters. The summed E-state index contributed by atoms with van der Waals surface area (Å²) in [5.74, 6) is -0.211. The molecular formula is C11H9N5O2. The van der Waals surface area contributed by atoms with E-state index in [4.69, 9.17) is 5.26 Å². The number of hydrogen-bond donors (Lipinski definition) is 0. The molecular weight excluding hydrogens is 234 g/mol. The fourth-order valence-corrected chi connectivity index (χ4v) is 2.33. The second kappa shape index (κ2) is 3.20. The Morgan fingerprint density at radius 2 is 2.11 bits per heavy atom. The third-order valence-electron chi connectivity index (χ3n) is 3.20. The van der Waals surface area contributed by atoms with Crippen LogP contribution in [-0.4, -0.2) is 32.0 Å². The Bertz CT molecular complexity index is 792. The normalized spacial score (nSPS) is 14.1.